The fourth-order valence-electron chi connectivity index (χ4n) is 1.86. The Morgan fingerprint density at radius 2 is 2.00 bits per heavy atom. The Hall–Kier alpha value is -2.38. The second-order valence-electron chi connectivity index (χ2n) is 4.58. The van der Waals surface area contributed by atoms with Crippen LogP contribution in [0.1, 0.15) is 17.3 Å². The number of halogens is 2. The highest BCUT2D eigenvalue weighted by Crippen LogP contribution is 2.17. The van der Waals surface area contributed by atoms with Gasteiger partial charge in [-0.15, -0.1) is 0 Å². The molecule has 0 spiro atoms. The Bertz CT molecular complexity index is 836. The molecule has 0 saturated heterocycles. The van der Waals surface area contributed by atoms with Crippen molar-refractivity contribution in [2.45, 2.75) is 13.5 Å². The molecule has 2 rings (SSSR count). The molecule has 1 amide bonds. The van der Waals surface area contributed by atoms with Crippen LogP contribution in [-0.4, -0.2) is 28.3 Å². The molecule has 0 aliphatic rings. The van der Waals surface area contributed by atoms with Crippen LogP contribution in [0, 0.1) is 0 Å². The number of aromatic nitrogens is 2. The lowest BCUT2D eigenvalue weighted by atomic mass is 10.2. The van der Waals surface area contributed by atoms with Gasteiger partial charge in [-0.1, -0.05) is 35.3 Å². The fourth-order valence-corrected chi connectivity index (χ4v) is 2.13. The van der Waals surface area contributed by atoms with Gasteiger partial charge in [0.15, 0.2) is 0 Å². The van der Waals surface area contributed by atoms with Gasteiger partial charge in [-0.2, -0.15) is 5.10 Å². The Labute approximate surface area is 147 Å². The zero-order chi connectivity index (χ0) is 17.7. The Kier molecular flexibility index (Phi) is 5.94. The number of esters is 1. The van der Waals surface area contributed by atoms with Crippen molar-refractivity contribution in [3.63, 3.8) is 0 Å². The van der Waals surface area contributed by atoms with Crippen molar-refractivity contribution in [3.8, 4) is 0 Å². The molecule has 0 bridgehead atoms. The maximum Gasteiger partial charge on any atom is 0.340 e. The number of carbonyl (C=O) groups is 2. The van der Waals surface area contributed by atoms with E-state index in [1.807, 2.05) is 0 Å². The first kappa shape index (κ1) is 18.0. The van der Waals surface area contributed by atoms with E-state index in [1.165, 1.54) is 12.3 Å². The van der Waals surface area contributed by atoms with Crippen molar-refractivity contribution >= 4 is 40.8 Å². The summed E-state index contributed by atoms with van der Waals surface area (Å²) in [6.45, 7) is 1.51. The monoisotopic (exact) mass is 369 g/mol. The number of anilines is 1. The maximum atomic E-state index is 12.1. The molecule has 0 radical (unpaired) electrons. The molecular weight excluding hydrogens is 357 g/mol. The average Bonchev–Trinajstić information content (AvgIpc) is 2.56. The van der Waals surface area contributed by atoms with Crippen LogP contribution >= 0.6 is 23.2 Å². The number of carbonyl (C=O) groups excluding carboxylic acids is 2. The quantitative estimate of drug-likeness (QED) is 0.816. The van der Waals surface area contributed by atoms with Gasteiger partial charge in [-0.3, -0.25) is 9.59 Å². The lowest BCUT2D eigenvalue weighted by Gasteiger charge is -2.11. The summed E-state index contributed by atoms with van der Waals surface area (Å²) in [7, 11) is 0. The van der Waals surface area contributed by atoms with Crippen molar-refractivity contribution in [1.29, 1.82) is 0 Å². The lowest BCUT2D eigenvalue weighted by molar-refractivity contribution is -0.117. The number of amides is 1. The fraction of sp³-hybridized carbons (Fsp3) is 0.200. The number of ether oxygens (including phenoxy) is 1. The minimum atomic E-state index is -0.682. The van der Waals surface area contributed by atoms with Gasteiger partial charge in [0, 0.05) is 0 Å². The van der Waals surface area contributed by atoms with Crippen LogP contribution in [0.5, 0.6) is 0 Å². The van der Waals surface area contributed by atoms with Gasteiger partial charge in [0.25, 0.3) is 5.56 Å². The van der Waals surface area contributed by atoms with E-state index >= 15 is 0 Å². The lowest BCUT2D eigenvalue weighted by Crippen LogP contribution is -2.30. The third-order valence-corrected chi connectivity index (χ3v) is 3.68. The molecule has 0 saturated carbocycles. The predicted molar refractivity (Wildman–Crippen MR) is 89.5 cm³/mol. The summed E-state index contributed by atoms with van der Waals surface area (Å²) in [6.07, 6.45) is 1.17. The van der Waals surface area contributed by atoms with Crippen LogP contribution in [0.25, 0.3) is 0 Å². The number of rotatable bonds is 5. The number of nitrogens with zero attached hydrogens (tertiary/aromatic N) is 2. The topological polar surface area (TPSA) is 90.3 Å². The zero-order valence-corrected chi connectivity index (χ0v) is 14.1. The standard InChI is InChI=1S/C15H13Cl2N3O4/c1-2-24-15(23)9-5-3-4-6-11(9)19-12(21)8-20-14(22)13(17)10(16)7-18-20/h3-7H,2,8H2,1H3,(H,19,21). The van der Waals surface area contributed by atoms with Crippen LogP contribution in [0.3, 0.4) is 0 Å². The molecule has 24 heavy (non-hydrogen) atoms. The molecule has 2 aromatic rings. The summed E-state index contributed by atoms with van der Waals surface area (Å²) in [5.74, 6) is -1.11. The minimum Gasteiger partial charge on any atom is -0.462 e. The van der Waals surface area contributed by atoms with Gasteiger partial charge in [0.05, 0.1) is 29.1 Å². The summed E-state index contributed by atoms with van der Waals surface area (Å²) in [6, 6.07) is 6.38. The normalized spacial score (nSPS) is 10.3. The summed E-state index contributed by atoms with van der Waals surface area (Å²) in [5, 5.41) is 6.08. The maximum absolute atomic E-state index is 12.1. The predicted octanol–water partition coefficient (Wildman–Crippen LogP) is 2.37. The molecule has 0 aliphatic heterocycles. The van der Waals surface area contributed by atoms with Gasteiger partial charge >= 0.3 is 5.97 Å². The van der Waals surface area contributed by atoms with Crippen molar-refractivity contribution < 1.29 is 14.3 Å². The SMILES string of the molecule is CCOC(=O)c1ccccc1NC(=O)Cn1ncc(Cl)c(Cl)c1=O. The van der Waals surface area contributed by atoms with Gasteiger partial charge in [0.1, 0.15) is 11.6 Å². The number of hydrogen-bond donors (Lipinski definition) is 1. The Morgan fingerprint density at radius 1 is 1.29 bits per heavy atom. The second-order valence-corrected chi connectivity index (χ2v) is 5.37. The first-order valence-electron chi connectivity index (χ1n) is 6.91. The number of benzene rings is 1. The van der Waals surface area contributed by atoms with Crippen molar-refractivity contribution in [3.05, 3.63) is 56.4 Å². The number of nitrogens with one attached hydrogen (secondary N) is 1. The third-order valence-electron chi connectivity index (χ3n) is 2.93. The average molecular weight is 370 g/mol. The number of hydrogen-bond acceptors (Lipinski definition) is 5. The van der Waals surface area contributed by atoms with E-state index in [9.17, 15) is 14.4 Å². The largest absolute Gasteiger partial charge is 0.462 e. The van der Waals surface area contributed by atoms with E-state index in [2.05, 4.69) is 10.4 Å². The van der Waals surface area contributed by atoms with Crippen molar-refractivity contribution in [2.75, 3.05) is 11.9 Å². The van der Waals surface area contributed by atoms with Crippen LogP contribution in [0.2, 0.25) is 10.0 Å². The van der Waals surface area contributed by atoms with Crippen LogP contribution in [0.4, 0.5) is 5.69 Å². The van der Waals surface area contributed by atoms with Crippen molar-refractivity contribution in [1.82, 2.24) is 9.78 Å². The minimum absolute atomic E-state index is 0.00554. The van der Waals surface area contributed by atoms with E-state index in [-0.39, 0.29) is 34.4 Å². The van der Waals surface area contributed by atoms with Gasteiger partial charge in [-0.05, 0) is 19.1 Å². The van der Waals surface area contributed by atoms with E-state index in [1.54, 1.807) is 25.1 Å². The molecule has 0 aliphatic carbocycles. The molecule has 1 aromatic carbocycles. The number of para-hydroxylation sites is 1. The summed E-state index contributed by atoms with van der Waals surface area (Å²) < 4.78 is 5.80. The molecule has 7 nitrogen and oxygen atoms in total. The second kappa shape index (κ2) is 7.94. The van der Waals surface area contributed by atoms with Crippen LogP contribution < -0.4 is 10.9 Å². The van der Waals surface area contributed by atoms with Crippen LogP contribution in [-0.2, 0) is 16.1 Å². The first-order chi connectivity index (χ1) is 11.4. The highest BCUT2D eigenvalue weighted by molar-refractivity contribution is 6.41. The molecule has 0 atom stereocenters. The molecule has 1 heterocycles. The summed E-state index contributed by atoms with van der Waals surface area (Å²) >= 11 is 11.4. The van der Waals surface area contributed by atoms with E-state index in [0.717, 1.165) is 4.68 Å². The first-order valence-corrected chi connectivity index (χ1v) is 7.66. The molecule has 0 fully saturated rings. The smallest absolute Gasteiger partial charge is 0.340 e. The molecular formula is C15H13Cl2N3O4. The molecule has 0 unspecified atom stereocenters. The molecule has 1 N–H and O–H groups in total. The van der Waals surface area contributed by atoms with Crippen LogP contribution in [0.15, 0.2) is 35.3 Å². The van der Waals surface area contributed by atoms with Gasteiger partial charge in [-0.25, -0.2) is 9.48 Å². The van der Waals surface area contributed by atoms with Crippen molar-refractivity contribution in [2.24, 2.45) is 0 Å². The highest BCUT2D eigenvalue weighted by atomic mass is 35.5. The zero-order valence-electron chi connectivity index (χ0n) is 12.6. The molecule has 9 heteroatoms. The Morgan fingerprint density at radius 3 is 2.71 bits per heavy atom. The molecule has 126 valence electrons. The Balaban J connectivity index is 2.18. The summed E-state index contributed by atoms with van der Waals surface area (Å²) in [5.41, 5.74) is -0.200. The third kappa shape index (κ3) is 4.12. The highest BCUT2D eigenvalue weighted by Gasteiger charge is 2.15. The molecule has 1 aromatic heterocycles. The van der Waals surface area contributed by atoms with E-state index < -0.39 is 17.4 Å². The van der Waals surface area contributed by atoms with E-state index in [4.69, 9.17) is 27.9 Å². The summed E-state index contributed by atoms with van der Waals surface area (Å²) in [4.78, 5) is 35.9. The van der Waals surface area contributed by atoms with Gasteiger partial charge < -0.3 is 10.1 Å². The van der Waals surface area contributed by atoms with Gasteiger partial charge in [0.2, 0.25) is 5.91 Å². The van der Waals surface area contributed by atoms with E-state index in [0.29, 0.717) is 0 Å².